The van der Waals surface area contributed by atoms with E-state index in [4.69, 9.17) is 0 Å². The number of nitrogens with zero attached hydrogens (tertiary/aromatic N) is 1. The Morgan fingerprint density at radius 2 is 2.00 bits per heavy atom. The number of carbonyl (C=O) groups is 1. The highest BCUT2D eigenvalue weighted by Gasteiger charge is 2.18. The summed E-state index contributed by atoms with van der Waals surface area (Å²) in [5, 5.41) is 2.01. The summed E-state index contributed by atoms with van der Waals surface area (Å²) in [4.78, 5) is 15.8. The topological polar surface area (TPSA) is 29.4 Å². The summed E-state index contributed by atoms with van der Waals surface area (Å²) >= 11 is 0. The van der Waals surface area contributed by atoms with Gasteiger partial charge < -0.3 is 0 Å². The van der Waals surface area contributed by atoms with E-state index in [1.165, 1.54) is 0 Å². The first-order valence-electron chi connectivity index (χ1n) is 4.46. The fourth-order valence-electron chi connectivity index (χ4n) is 1.81. The van der Waals surface area contributed by atoms with Gasteiger partial charge in [0.2, 0.25) is 0 Å². The molecule has 1 aromatic carbocycles. The van der Waals surface area contributed by atoms with Gasteiger partial charge in [0.25, 0.3) is 0 Å². The maximum absolute atomic E-state index is 11.6. The van der Waals surface area contributed by atoms with Crippen LogP contribution in [0.4, 0.5) is 0 Å². The molecule has 2 aliphatic rings. The smallest absolute Gasteiger partial charge is 0.188 e. The average molecular weight is 181 g/mol. The van der Waals surface area contributed by atoms with Gasteiger partial charge in [-0.1, -0.05) is 24.3 Å². The van der Waals surface area contributed by atoms with E-state index < -0.39 is 0 Å². The first-order chi connectivity index (χ1) is 6.86. The molecule has 0 spiro atoms. The monoisotopic (exact) mass is 181 g/mol. The number of hydrogen-bond donors (Lipinski definition) is 0. The summed E-state index contributed by atoms with van der Waals surface area (Å²) in [6.07, 6.45) is 5.11. The number of carbonyl (C=O) groups excluding carboxylic acids is 1. The van der Waals surface area contributed by atoms with Crippen LogP contribution in [0.5, 0.6) is 0 Å². The molecule has 2 nitrogen and oxygen atoms in total. The van der Waals surface area contributed by atoms with E-state index in [-0.39, 0.29) is 5.78 Å². The molecule has 0 saturated carbocycles. The van der Waals surface area contributed by atoms with Crippen LogP contribution in [0.1, 0.15) is 0 Å². The van der Waals surface area contributed by atoms with E-state index in [1.807, 2.05) is 24.3 Å². The molecule has 3 rings (SSSR count). The second-order valence-corrected chi connectivity index (χ2v) is 3.30. The lowest BCUT2D eigenvalue weighted by atomic mass is 10.00. The molecule has 1 aliphatic carbocycles. The average Bonchev–Trinajstić information content (AvgIpc) is 2.67. The van der Waals surface area contributed by atoms with Crippen LogP contribution in [-0.2, 0) is 4.79 Å². The van der Waals surface area contributed by atoms with E-state index in [1.54, 1.807) is 18.4 Å². The highest BCUT2D eigenvalue weighted by molar-refractivity contribution is 6.27. The number of hydrogen-bond acceptors (Lipinski definition) is 2. The molecule has 14 heavy (non-hydrogen) atoms. The Kier molecular flexibility index (Phi) is 1.34. The summed E-state index contributed by atoms with van der Waals surface area (Å²) in [5.74, 6) is 0.0520. The van der Waals surface area contributed by atoms with Gasteiger partial charge in [-0.25, -0.2) is 0 Å². The molecule has 0 aromatic heterocycles. The zero-order valence-corrected chi connectivity index (χ0v) is 7.40. The van der Waals surface area contributed by atoms with Crippen LogP contribution in [0.25, 0.3) is 11.8 Å². The maximum Gasteiger partial charge on any atom is 0.188 e. The first-order valence-corrected chi connectivity index (χ1v) is 4.46. The van der Waals surface area contributed by atoms with Crippen molar-refractivity contribution >= 4 is 23.8 Å². The van der Waals surface area contributed by atoms with Gasteiger partial charge in [-0.15, -0.1) is 0 Å². The molecule has 0 bridgehead atoms. The normalized spacial score (nSPS) is 17.3. The Labute approximate surface area is 80.6 Å². The molecule has 0 fully saturated rings. The molecule has 0 N–H and O–H groups in total. The van der Waals surface area contributed by atoms with Crippen LogP contribution in [-0.4, -0.2) is 12.0 Å². The van der Waals surface area contributed by atoms with Crippen LogP contribution < -0.4 is 10.4 Å². The maximum atomic E-state index is 11.6. The molecule has 0 atom stereocenters. The van der Waals surface area contributed by atoms with Gasteiger partial charge in [-0.05, 0) is 17.4 Å². The second kappa shape index (κ2) is 2.51. The van der Waals surface area contributed by atoms with E-state index >= 15 is 0 Å². The Morgan fingerprint density at radius 1 is 1.14 bits per heavy atom. The number of ketones is 1. The molecular formula is C12H7NO. The second-order valence-electron chi connectivity index (χ2n) is 3.30. The summed E-state index contributed by atoms with van der Waals surface area (Å²) in [5.41, 5.74) is 1.52. The van der Waals surface area contributed by atoms with Crippen molar-refractivity contribution in [1.82, 2.24) is 0 Å². The summed E-state index contributed by atoms with van der Waals surface area (Å²) < 4.78 is 0. The lowest BCUT2D eigenvalue weighted by Crippen LogP contribution is -2.31. The molecule has 2 heteroatoms. The molecule has 1 aromatic rings. The van der Waals surface area contributed by atoms with Gasteiger partial charge in [0, 0.05) is 17.0 Å². The van der Waals surface area contributed by atoms with Gasteiger partial charge >= 0.3 is 0 Å². The van der Waals surface area contributed by atoms with Crippen LogP contribution >= 0.6 is 0 Å². The fourth-order valence-corrected chi connectivity index (χ4v) is 1.81. The van der Waals surface area contributed by atoms with Crippen molar-refractivity contribution < 1.29 is 4.79 Å². The molecule has 66 valence electrons. The van der Waals surface area contributed by atoms with E-state index in [2.05, 4.69) is 4.99 Å². The highest BCUT2D eigenvalue weighted by atomic mass is 16.1. The lowest BCUT2D eigenvalue weighted by molar-refractivity contribution is -0.109. The Morgan fingerprint density at radius 3 is 2.93 bits per heavy atom. The van der Waals surface area contributed by atoms with Crippen molar-refractivity contribution in [2.75, 3.05) is 0 Å². The van der Waals surface area contributed by atoms with Crippen LogP contribution in [0, 0.1) is 0 Å². The minimum Gasteiger partial charge on any atom is -0.289 e. The van der Waals surface area contributed by atoms with Gasteiger partial charge in [-0.2, -0.15) is 0 Å². The Balaban J connectivity index is 2.57. The van der Waals surface area contributed by atoms with Crippen LogP contribution in [0.15, 0.2) is 40.9 Å². The molecule has 1 aliphatic heterocycles. The standard InChI is InChI=1S/C12H7NO/c14-11-7-8-3-1-2-4-9(8)12-10(11)5-6-13-12/h1-7H. The van der Waals surface area contributed by atoms with Crippen LogP contribution in [0.2, 0.25) is 0 Å². The van der Waals surface area contributed by atoms with E-state index in [9.17, 15) is 4.79 Å². The molecule has 0 radical (unpaired) electrons. The van der Waals surface area contributed by atoms with E-state index in [0.29, 0.717) is 5.57 Å². The summed E-state index contributed by atoms with van der Waals surface area (Å²) in [7, 11) is 0. The number of rotatable bonds is 0. The predicted octanol–water partition coefficient (Wildman–Crippen LogP) is 0.169. The predicted molar refractivity (Wildman–Crippen MR) is 55.1 cm³/mol. The Hall–Kier alpha value is -1.96. The largest absolute Gasteiger partial charge is 0.289 e. The third-order valence-corrected chi connectivity index (χ3v) is 2.47. The fraction of sp³-hybridized carbons (Fsp3) is 0. The van der Waals surface area contributed by atoms with Crippen molar-refractivity contribution in [3.8, 4) is 0 Å². The minimum atomic E-state index is 0.0520. The number of allylic oxidation sites excluding steroid dienone is 1. The SMILES string of the molecule is O=C1C=c2ccccc2=C2N=CC=C12. The first kappa shape index (κ1) is 7.44. The number of Topliss-reactive ketones (excluding diaryl/α,β-unsaturated/α-hetero) is 1. The minimum absolute atomic E-state index is 0.0520. The summed E-state index contributed by atoms with van der Waals surface area (Å²) in [6.45, 7) is 0. The lowest BCUT2D eigenvalue weighted by Gasteiger charge is -2.05. The van der Waals surface area contributed by atoms with E-state index in [0.717, 1.165) is 16.1 Å². The van der Waals surface area contributed by atoms with Crippen molar-refractivity contribution in [3.05, 3.63) is 46.4 Å². The quantitative estimate of drug-likeness (QED) is 0.561. The Bertz CT molecular complexity index is 605. The molecule has 0 amide bonds. The number of fused-ring (bicyclic) bond motifs is 2. The third-order valence-electron chi connectivity index (χ3n) is 2.47. The van der Waals surface area contributed by atoms with Crippen LogP contribution in [0.3, 0.4) is 0 Å². The van der Waals surface area contributed by atoms with Crippen molar-refractivity contribution in [3.63, 3.8) is 0 Å². The van der Waals surface area contributed by atoms with Gasteiger partial charge in [0.1, 0.15) is 0 Å². The van der Waals surface area contributed by atoms with Gasteiger partial charge in [0.05, 0.1) is 5.70 Å². The van der Waals surface area contributed by atoms with Crippen molar-refractivity contribution in [2.45, 2.75) is 0 Å². The van der Waals surface area contributed by atoms with Crippen molar-refractivity contribution in [1.29, 1.82) is 0 Å². The molecule has 0 saturated heterocycles. The van der Waals surface area contributed by atoms with Gasteiger partial charge in [0.15, 0.2) is 5.78 Å². The third kappa shape index (κ3) is 0.852. The summed E-state index contributed by atoms with van der Waals surface area (Å²) in [6, 6.07) is 7.81. The van der Waals surface area contributed by atoms with Crippen molar-refractivity contribution in [2.24, 2.45) is 4.99 Å². The molecule has 1 heterocycles. The molecular weight excluding hydrogens is 174 g/mol. The zero-order valence-electron chi connectivity index (χ0n) is 7.40. The van der Waals surface area contributed by atoms with Gasteiger partial charge in [-0.3, -0.25) is 9.79 Å². The highest BCUT2D eigenvalue weighted by Crippen LogP contribution is 2.18. The number of aliphatic imine (C=N–C) groups is 1. The molecule has 0 unspecified atom stereocenters. The zero-order chi connectivity index (χ0) is 9.54. The number of benzene rings is 1.